The third-order valence-electron chi connectivity index (χ3n) is 2.64. The molecule has 0 aliphatic carbocycles. The van der Waals surface area contributed by atoms with Gasteiger partial charge in [0.1, 0.15) is 5.60 Å². The van der Waals surface area contributed by atoms with E-state index in [9.17, 15) is 9.59 Å². The zero-order valence-corrected chi connectivity index (χ0v) is 10.6. The van der Waals surface area contributed by atoms with Crippen LogP contribution >= 0.6 is 0 Å². The predicted octanol–water partition coefficient (Wildman–Crippen LogP) is 1.23. The average molecular weight is 238 g/mol. The highest BCUT2D eigenvalue weighted by Crippen LogP contribution is 2.12. The lowest BCUT2D eigenvalue weighted by Crippen LogP contribution is -2.39. The summed E-state index contributed by atoms with van der Waals surface area (Å²) in [6.07, 6.45) is 1.62. The number of ether oxygens (including phenoxy) is 1. The normalized spacial score (nSPS) is 11.3. The van der Waals surface area contributed by atoms with Crippen LogP contribution in [-0.2, 0) is 16.1 Å². The summed E-state index contributed by atoms with van der Waals surface area (Å²) >= 11 is 0. The second-order valence-electron chi connectivity index (χ2n) is 4.21. The molecule has 0 aromatic carbocycles. The van der Waals surface area contributed by atoms with E-state index < -0.39 is 5.60 Å². The Kier molecular flexibility index (Phi) is 4.07. The molecule has 1 amide bonds. The Morgan fingerprint density at radius 3 is 2.65 bits per heavy atom. The van der Waals surface area contributed by atoms with Crippen LogP contribution in [-0.4, -0.2) is 23.2 Å². The van der Waals surface area contributed by atoms with Gasteiger partial charge in [-0.25, -0.2) is 0 Å². The number of pyridine rings is 1. The minimum atomic E-state index is -0.896. The van der Waals surface area contributed by atoms with Gasteiger partial charge in [-0.2, -0.15) is 0 Å². The maximum atomic E-state index is 11.8. The van der Waals surface area contributed by atoms with Gasteiger partial charge in [0.2, 0.25) is 0 Å². The number of rotatable bonds is 4. The van der Waals surface area contributed by atoms with Crippen molar-refractivity contribution < 1.29 is 9.53 Å². The molecule has 0 atom stereocenters. The van der Waals surface area contributed by atoms with Crippen molar-refractivity contribution in [3.8, 4) is 0 Å². The Morgan fingerprint density at radius 1 is 1.47 bits per heavy atom. The second-order valence-corrected chi connectivity index (χ2v) is 4.21. The Bertz CT molecular complexity index is 463. The summed E-state index contributed by atoms with van der Waals surface area (Å²) in [5, 5.41) is 2.71. The Labute approximate surface area is 100 Å². The molecular weight excluding hydrogens is 220 g/mol. The molecule has 1 aromatic heterocycles. The van der Waals surface area contributed by atoms with Gasteiger partial charge in [-0.1, -0.05) is 0 Å². The molecule has 1 N–H and O–H groups in total. The molecule has 0 bridgehead atoms. The van der Waals surface area contributed by atoms with Crippen molar-refractivity contribution >= 4 is 11.6 Å². The van der Waals surface area contributed by atoms with Gasteiger partial charge in [0.15, 0.2) is 0 Å². The van der Waals surface area contributed by atoms with Crippen LogP contribution in [0, 0.1) is 0 Å². The third-order valence-corrected chi connectivity index (χ3v) is 2.64. The van der Waals surface area contributed by atoms with Crippen molar-refractivity contribution in [2.45, 2.75) is 32.9 Å². The average Bonchev–Trinajstić information content (AvgIpc) is 2.31. The number of anilines is 1. The number of nitrogens with zero attached hydrogens (tertiary/aromatic N) is 1. The maximum absolute atomic E-state index is 11.8. The van der Waals surface area contributed by atoms with Crippen molar-refractivity contribution in [1.29, 1.82) is 0 Å². The first-order chi connectivity index (χ1) is 7.90. The lowest BCUT2D eigenvalue weighted by Gasteiger charge is -2.21. The number of methoxy groups -OCH3 is 1. The van der Waals surface area contributed by atoms with E-state index in [4.69, 9.17) is 4.74 Å². The molecule has 1 heterocycles. The van der Waals surface area contributed by atoms with Crippen molar-refractivity contribution in [3.05, 3.63) is 28.7 Å². The summed E-state index contributed by atoms with van der Waals surface area (Å²) in [5.74, 6) is -0.249. The van der Waals surface area contributed by atoms with Crippen molar-refractivity contribution in [1.82, 2.24) is 4.57 Å². The highest BCUT2D eigenvalue weighted by atomic mass is 16.5. The predicted molar refractivity (Wildman–Crippen MR) is 66.1 cm³/mol. The fourth-order valence-corrected chi connectivity index (χ4v) is 1.23. The molecule has 0 saturated carbocycles. The van der Waals surface area contributed by atoms with Gasteiger partial charge >= 0.3 is 0 Å². The molecule has 1 rings (SSSR count). The van der Waals surface area contributed by atoms with Crippen molar-refractivity contribution in [2.24, 2.45) is 0 Å². The van der Waals surface area contributed by atoms with Crippen LogP contribution in [0.25, 0.3) is 0 Å². The third kappa shape index (κ3) is 3.17. The topological polar surface area (TPSA) is 60.3 Å². The molecule has 0 aliphatic rings. The van der Waals surface area contributed by atoms with Crippen molar-refractivity contribution in [3.63, 3.8) is 0 Å². The minimum absolute atomic E-state index is 0.0866. The van der Waals surface area contributed by atoms with E-state index in [2.05, 4.69) is 5.32 Å². The van der Waals surface area contributed by atoms with Crippen LogP contribution in [0.1, 0.15) is 20.8 Å². The molecule has 0 fully saturated rings. The van der Waals surface area contributed by atoms with Crippen LogP contribution in [0.15, 0.2) is 23.1 Å². The number of carbonyl (C=O) groups is 1. The summed E-state index contributed by atoms with van der Waals surface area (Å²) in [4.78, 5) is 23.2. The summed E-state index contributed by atoms with van der Waals surface area (Å²) in [7, 11) is 1.48. The van der Waals surface area contributed by atoms with E-state index in [0.717, 1.165) is 0 Å². The van der Waals surface area contributed by atoms with Crippen LogP contribution in [0.4, 0.5) is 5.69 Å². The quantitative estimate of drug-likeness (QED) is 0.858. The summed E-state index contributed by atoms with van der Waals surface area (Å²) in [6, 6.07) is 3.01. The van der Waals surface area contributed by atoms with Gasteiger partial charge in [0.25, 0.3) is 11.5 Å². The molecular formula is C12H18N2O3. The van der Waals surface area contributed by atoms with Crippen molar-refractivity contribution in [2.75, 3.05) is 12.4 Å². The highest BCUT2D eigenvalue weighted by Gasteiger charge is 2.26. The minimum Gasteiger partial charge on any atom is -0.369 e. The van der Waals surface area contributed by atoms with Gasteiger partial charge in [-0.3, -0.25) is 9.59 Å². The fourth-order valence-electron chi connectivity index (χ4n) is 1.23. The molecule has 94 valence electrons. The Hall–Kier alpha value is -1.62. The van der Waals surface area contributed by atoms with E-state index in [1.165, 1.54) is 17.7 Å². The lowest BCUT2D eigenvalue weighted by molar-refractivity contribution is -0.133. The molecule has 17 heavy (non-hydrogen) atoms. The summed E-state index contributed by atoms with van der Waals surface area (Å²) in [6.45, 7) is 5.79. The number of carbonyl (C=O) groups excluding carboxylic acids is 1. The van der Waals surface area contributed by atoms with Crippen LogP contribution in [0.5, 0.6) is 0 Å². The molecule has 5 nitrogen and oxygen atoms in total. The van der Waals surface area contributed by atoms with Gasteiger partial charge in [0.05, 0.1) is 5.69 Å². The van der Waals surface area contributed by atoms with Gasteiger partial charge < -0.3 is 14.6 Å². The van der Waals surface area contributed by atoms with E-state index in [1.807, 2.05) is 6.92 Å². The number of nitrogens with one attached hydrogen (secondary N) is 1. The van der Waals surface area contributed by atoms with Gasteiger partial charge in [0, 0.05) is 25.9 Å². The fraction of sp³-hybridized carbons (Fsp3) is 0.500. The number of aryl methyl sites for hydroxylation is 1. The second kappa shape index (κ2) is 5.14. The molecule has 0 saturated heterocycles. The molecule has 0 unspecified atom stereocenters. The SMILES string of the molecule is CCn1cc(NC(=O)C(C)(C)OC)ccc1=O. The summed E-state index contributed by atoms with van der Waals surface area (Å²) in [5.41, 5.74) is -0.397. The molecule has 0 spiro atoms. The lowest BCUT2D eigenvalue weighted by atomic mass is 10.1. The first-order valence-corrected chi connectivity index (χ1v) is 5.48. The van der Waals surface area contributed by atoms with Gasteiger partial charge in [-0.15, -0.1) is 0 Å². The van der Waals surface area contributed by atoms with E-state index in [1.54, 1.807) is 26.1 Å². The molecule has 1 aromatic rings. The monoisotopic (exact) mass is 238 g/mol. The Morgan fingerprint density at radius 2 is 2.12 bits per heavy atom. The number of aromatic nitrogens is 1. The van der Waals surface area contributed by atoms with Crippen LogP contribution < -0.4 is 10.9 Å². The number of amides is 1. The van der Waals surface area contributed by atoms with E-state index in [0.29, 0.717) is 12.2 Å². The van der Waals surface area contributed by atoms with Crippen LogP contribution in [0.3, 0.4) is 0 Å². The zero-order valence-electron chi connectivity index (χ0n) is 10.6. The van der Waals surface area contributed by atoms with Crippen LogP contribution in [0.2, 0.25) is 0 Å². The molecule has 5 heteroatoms. The van der Waals surface area contributed by atoms with E-state index in [-0.39, 0.29) is 11.5 Å². The largest absolute Gasteiger partial charge is 0.369 e. The Balaban J connectivity index is 2.90. The number of hydrogen-bond acceptors (Lipinski definition) is 3. The maximum Gasteiger partial charge on any atom is 0.256 e. The molecule has 0 radical (unpaired) electrons. The van der Waals surface area contributed by atoms with E-state index >= 15 is 0 Å². The van der Waals surface area contributed by atoms with Gasteiger partial charge in [-0.05, 0) is 26.8 Å². The highest BCUT2D eigenvalue weighted by molar-refractivity contribution is 5.96. The number of hydrogen-bond donors (Lipinski definition) is 1. The smallest absolute Gasteiger partial charge is 0.256 e. The molecule has 0 aliphatic heterocycles. The first-order valence-electron chi connectivity index (χ1n) is 5.48. The zero-order chi connectivity index (χ0) is 13.1. The first kappa shape index (κ1) is 13.4. The summed E-state index contributed by atoms with van der Waals surface area (Å²) < 4.78 is 6.59. The standard InChI is InChI=1S/C12H18N2O3/c1-5-14-8-9(6-7-10(14)15)13-11(16)12(2,3)17-4/h6-8H,5H2,1-4H3,(H,13,16).